The third-order valence-electron chi connectivity index (χ3n) is 5.44. The maximum Gasteiger partial charge on any atom is 0.239 e. The number of benzene rings is 1. The first-order valence-electron chi connectivity index (χ1n) is 9.22. The highest BCUT2D eigenvalue weighted by atomic mass is 16.3. The number of hydrogen-bond acceptors (Lipinski definition) is 4. The molecule has 1 saturated carbocycles. The van der Waals surface area contributed by atoms with Gasteiger partial charge in [0.1, 0.15) is 5.75 Å². The van der Waals surface area contributed by atoms with E-state index in [0.717, 1.165) is 25.2 Å². The summed E-state index contributed by atoms with van der Waals surface area (Å²) >= 11 is 0. The van der Waals surface area contributed by atoms with E-state index in [4.69, 9.17) is 5.73 Å². The van der Waals surface area contributed by atoms with E-state index >= 15 is 0 Å². The summed E-state index contributed by atoms with van der Waals surface area (Å²) in [5.41, 5.74) is 7.05. The van der Waals surface area contributed by atoms with Gasteiger partial charge in [0.15, 0.2) is 0 Å². The minimum Gasteiger partial charge on any atom is -0.506 e. The predicted molar refractivity (Wildman–Crippen MR) is 96.1 cm³/mol. The number of carbonyl (C=O) groups is 1. The SMILES string of the molecule is NC(CC1CCCCC1)C(=O)N1CCN(c2ccccc2O)CC1. The monoisotopic (exact) mass is 331 g/mol. The van der Waals surface area contributed by atoms with Crippen LogP contribution in [-0.2, 0) is 4.79 Å². The van der Waals surface area contributed by atoms with E-state index in [1.54, 1.807) is 6.07 Å². The van der Waals surface area contributed by atoms with Gasteiger partial charge in [-0.05, 0) is 24.5 Å². The van der Waals surface area contributed by atoms with Crippen LogP contribution in [0.15, 0.2) is 24.3 Å². The molecule has 1 aromatic rings. The first-order chi connectivity index (χ1) is 11.6. The van der Waals surface area contributed by atoms with Gasteiger partial charge in [-0.25, -0.2) is 0 Å². The van der Waals surface area contributed by atoms with Crippen molar-refractivity contribution in [3.63, 3.8) is 0 Å². The predicted octanol–water partition coefficient (Wildman–Crippen LogP) is 2.34. The number of nitrogens with zero attached hydrogens (tertiary/aromatic N) is 2. The molecule has 1 atom stereocenters. The van der Waals surface area contributed by atoms with Crippen molar-refractivity contribution in [2.75, 3.05) is 31.1 Å². The zero-order valence-electron chi connectivity index (χ0n) is 14.4. The molecule has 1 heterocycles. The quantitative estimate of drug-likeness (QED) is 0.888. The number of amides is 1. The molecule has 1 aliphatic heterocycles. The second-order valence-electron chi connectivity index (χ2n) is 7.15. The van der Waals surface area contributed by atoms with Crippen LogP contribution >= 0.6 is 0 Å². The number of phenolic OH excluding ortho intramolecular Hbond substituents is 1. The highest BCUT2D eigenvalue weighted by Crippen LogP contribution is 2.29. The van der Waals surface area contributed by atoms with Crippen molar-refractivity contribution in [1.29, 1.82) is 0 Å². The summed E-state index contributed by atoms with van der Waals surface area (Å²) in [6.45, 7) is 2.82. The molecule has 0 radical (unpaired) electrons. The molecule has 1 amide bonds. The second kappa shape index (κ2) is 7.88. The Balaban J connectivity index is 1.50. The molecule has 0 bridgehead atoms. The Hall–Kier alpha value is -1.75. The standard InChI is InChI=1S/C19H29N3O2/c20-16(14-15-6-2-1-3-7-15)19(24)22-12-10-21(11-13-22)17-8-4-5-9-18(17)23/h4-5,8-9,15-16,23H,1-3,6-7,10-14,20H2. The molecule has 3 rings (SSSR count). The molecular weight excluding hydrogens is 302 g/mol. The van der Waals surface area contributed by atoms with Crippen LogP contribution in [0.5, 0.6) is 5.75 Å². The first-order valence-corrected chi connectivity index (χ1v) is 9.22. The van der Waals surface area contributed by atoms with E-state index in [9.17, 15) is 9.90 Å². The van der Waals surface area contributed by atoms with Gasteiger partial charge in [-0.15, -0.1) is 0 Å². The van der Waals surface area contributed by atoms with Gasteiger partial charge in [0, 0.05) is 26.2 Å². The van der Waals surface area contributed by atoms with Crippen molar-refractivity contribution >= 4 is 11.6 Å². The number of para-hydroxylation sites is 2. The molecule has 2 fully saturated rings. The fourth-order valence-electron chi connectivity index (χ4n) is 4.02. The van der Waals surface area contributed by atoms with Gasteiger partial charge in [-0.2, -0.15) is 0 Å². The van der Waals surface area contributed by atoms with Gasteiger partial charge in [-0.3, -0.25) is 4.79 Å². The summed E-state index contributed by atoms with van der Waals surface area (Å²) in [5, 5.41) is 9.97. The van der Waals surface area contributed by atoms with Gasteiger partial charge in [0.2, 0.25) is 5.91 Å². The second-order valence-corrected chi connectivity index (χ2v) is 7.15. The zero-order chi connectivity index (χ0) is 16.9. The number of piperazine rings is 1. The Bertz CT molecular complexity index is 549. The van der Waals surface area contributed by atoms with Crippen LogP contribution in [-0.4, -0.2) is 48.1 Å². The average molecular weight is 331 g/mol. The first kappa shape index (κ1) is 17.1. The molecule has 5 heteroatoms. The molecule has 24 heavy (non-hydrogen) atoms. The van der Waals surface area contributed by atoms with E-state index in [2.05, 4.69) is 4.90 Å². The summed E-state index contributed by atoms with van der Waals surface area (Å²) in [6, 6.07) is 7.01. The van der Waals surface area contributed by atoms with E-state index in [-0.39, 0.29) is 11.9 Å². The van der Waals surface area contributed by atoms with Crippen LogP contribution < -0.4 is 10.6 Å². The van der Waals surface area contributed by atoms with E-state index in [0.29, 0.717) is 24.8 Å². The Morgan fingerprint density at radius 2 is 1.79 bits per heavy atom. The molecule has 1 aromatic carbocycles. The molecule has 0 aromatic heterocycles. The van der Waals surface area contributed by atoms with E-state index in [1.807, 2.05) is 23.1 Å². The van der Waals surface area contributed by atoms with Gasteiger partial charge < -0.3 is 20.6 Å². The fraction of sp³-hybridized carbons (Fsp3) is 0.632. The number of aromatic hydroxyl groups is 1. The van der Waals surface area contributed by atoms with Gasteiger partial charge in [0.05, 0.1) is 11.7 Å². The maximum atomic E-state index is 12.6. The van der Waals surface area contributed by atoms with Crippen LogP contribution in [0, 0.1) is 5.92 Å². The smallest absolute Gasteiger partial charge is 0.239 e. The molecule has 5 nitrogen and oxygen atoms in total. The number of nitrogens with two attached hydrogens (primary N) is 1. The molecule has 1 unspecified atom stereocenters. The van der Waals surface area contributed by atoms with Crippen LogP contribution in [0.2, 0.25) is 0 Å². The highest BCUT2D eigenvalue weighted by Gasteiger charge is 2.28. The van der Waals surface area contributed by atoms with Crippen molar-refractivity contribution in [1.82, 2.24) is 4.90 Å². The lowest BCUT2D eigenvalue weighted by Crippen LogP contribution is -2.53. The third-order valence-corrected chi connectivity index (χ3v) is 5.44. The van der Waals surface area contributed by atoms with Crippen molar-refractivity contribution in [2.45, 2.75) is 44.6 Å². The van der Waals surface area contributed by atoms with Gasteiger partial charge in [0.25, 0.3) is 0 Å². The van der Waals surface area contributed by atoms with Gasteiger partial charge >= 0.3 is 0 Å². The fourth-order valence-corrected chi connectivity index (χ4v) is 4.02. The summed E-state index contributed by atoms with van der Waals surface area (Å²) in [6.07, 6.45) is 7.17. The highest BCUT2D eigenvalue weighted by molar-refractivity contribution is 5.82. The van der Waals surface area contributed by atoms with Crippen molar-refractivity contribution < 1.29 is 9.90 Å². The lowest BCUT2D eigenvalue weighted by molar-refractivity contribution is -0.133. The largest absolute Gasteiger partial charge is 0.506 e. The van der Waals surface area contributed by atoms with Crippen LogP contribution in [0.1, 0.15) is 38.5 Å². The summed E-state index contributed by atoms with van der Waals surface area (Å²) in [4.78, 5) is 16.6. The zero-order valence-corrected chi connectivity index (χ0v) is 14.4. The third kappa shape index (κ3) is 4.01. The number of anilines is 1. The molecule has 3 N–H and O–H groups in total. The number of hydrogen-bond donors (Lipinski definition) is 2. The number of rotatable bonds is 4. The Labute approximate surface area is 144 Å². The van der Waals surface area contributed by atoms with E-state index in [1.165, 1.54) is 32.1 Å². The van der Waals surface area contributed by atoms with Crippen molar-refractivity contribution in [3.8, 4) is 5.75 Å². The van der Waals surface area contributed by atoms with E-state index < -0.39 is 0 Å². The van der Waals surface area contributed by atoms with Crippen molar-refractivity contribution in [3.05, 3.63) is 24.3 Å². The molecule has 0 spiro atoms. The summed E-state index contributed by atoms with van der Waals surface area (Å²) in [5.74, 6) is 1.02. The Morgan fingerprint density at radius 1 is 1.12 bits per heavy atom. The summed E-state index contributed by atoms with van der Waals surface area (Å²) < 4.78 is 0. The van der Waals surface area contributed by atoms with Gasteiger partial charge in [-0.1, -0.05) is 44.2 Å². The molecule has 2 aliphatic rings. The minimum absolute atomic E-state index is 0.0949. The number of carbonyl (C=O) groups excluding carboxylic acids is 1. The lowest BCUT2D eigenvalue weighted by atomic mass is 9.84. The normalized spacial score (nSPS) is 20.9. The average Bonchev–Trinajstić information content (AvgIpc) is 2.62. The maximum absolute atomic E-state index is 12.6. The number of phenols is 1. The van der Waals surface area contributed by atoms with Crippen LogP contribution in [0.25, 0.3) is 0 Å². The lowest BCUT2D eigenvalue weighted by Gasteiger charge is -2.37. The molecule has 1 saturated heterocycles. The molecule has 132 valence electrons. The van der Waals surface area contributed by atoms with Crippen LogP contribution in [0.4, 0.5) is 5.69 Å². The molecular formula is C19H29N3O2. The minimum atomic E-state index is -0.357. The van der Waals surface area contributed by atoms with Crippen LogP contribution in [0.3, 0.4) is 0 Å². The van der Waals surface area contributed by atoms with Crippen molar-refractivity contribution in [2.24, 2.45) is 11.7 Å². The topological polar surface area (TPSA) is 69.8 Å². The molecule has 1 aliphatic carbocycles. The Morgan fingerprint density at radius 3 is 2.46 bits per heavy atom. The Kier molecular flexibility index (Phi) is 5.61. The summed E-state index contributed by atoms with van der Waals surface area (Å²) in [7, 11) is 0.